The van der Waals surface area contributed by atoms with Crippen molar-refractivity contribution in [2.45, 2.75) is 45.7 Å². The number of nitrogens with zero attached hydrogens (tertiary/aromatic N) is 2. The van der Waals surface area contributed by atoms with Gasteiger partial charge in [-0.3, -0.25) is 14.6 Å². The molecular weight excluding hydrogens is 456 g/mol. The Morgan fingerprint density at radius 2 is 1.81 bits per heavy atom. The molecule has 2 heterocycles. The molecule has 2 aromatic carbocycles. The summed E-state index contributed by atoms with van der Waals surface area (Å²) in [6.07, 6.45) is 3.27. The predicted molar refractivity (Wildman–Crippen MR) is 137 cm³/mol. The molecule has 1 aromatic heterocycles. The molecule has 0 radical (unpaired) electrons. The van der Waals surface area contributed by atoms with Crippen LogP contribution in [0.25, 0.3) is 5.76 Å². The second kappa shape index (κ2) is 9.85. The van der Waals surface area contributed by atoms with Crippen LogP contribution < -0.4 is 4.74 Å². The van der Waals surface area contributed by atoms with Crippen molar-refractivity contribution < 1.29 is 24.5 Å². The van der Waals surface area contributed by atoms with Crippen LogP contribution >= 0.6 is 0 Å². The van der Waals surface area contributed by atoms with Gasteiger partial charge in [0.15, 0.2) is 0 Å². The van der Waals surface area contributed by atoms with Gasteiger partial charge in [-0.2, -0.15) is 0 Å². The first-order valence-electron chi connectivity index (χ1n) is 11.9. The molecule has 7 nitrogen and oxygen atoms in total. The Bertz CT molecular complexity index is 1310. The minimum atomic E-state index is -0.838. The number of rotatable bonds is 6. The first-order valence-corrected chi connectivity index (χ1v) is 11.9. The number of ketones is 1. The molecule has 1 fully saturated rings. The fraction of sp³-hybridized carbons (Fsp3) is 0.276. The van der Waals surface area contributed by atoms with Crippen molar-refractivity contribution in [3.05, 3.63) is 94.8 Å². The second-order valence-electron chi connectivity index (χ2n) is 9.77. The number of hydrogen-bond donors (Lipinski definition) is 2. The zero-order valence-electron chi connectivity index (χ0n) is 20.9. The molecule has 0 aliphatic carbocycles. The highest BCUT2D eigenvalue weighted by Crippen LogP contribution is 2.42. The Labute approximate surface area is 210 Å². The number of aromatic nitrogens is 1. The standard InChI is InChI=1S/C29H30N2O5/c1-5-36-23-13-10-20(15-22(23)29(2,3)4)26(33)24-25(19-8-11-21(32)12-9-19)31(28(35)27(24)34)17-18-7-6-14-30-16-18/h6-16,25,32-33H,5,17H2,1-4H3/b26-24-. The van der Waals surface area contributed by atoms with Crippen LogP contribution in [0.3, 0.4) is 0 Å². The van der Waals surface area contributed by atoms with Crippen LogP contribution in [-0.2, 0) is 21.5 Å². The SMILES string of the molecule is CCOc1ccc(/C(O)=C2/C(=O)C(=O)N(Cc3cccnc3)C2c2ccc(O)cc2)cc1C(C)(C)C. The third-order valence-corrected chi connectivity index (χ3v) is 6.19. The first kappa shape index (κ1) is 25.0. The van der Waals surface area contributed by atoms with E-state index in [0.717, 1.165) is 11.1 Å². The van der Waals surface area contributed by atoms with Gasteiger partial charge in [-0.1, -0.05) is 39.0 Å². The Balaban J connectivity index is 1.88. The van der Waals surface area contributed by atoms with Crippen molar-refractivity contribution >= 4 is 17.4 Å². The fourth-order valence-electron chi connectivity index (χ4n) is 4.43. The predicted octanol–water partition coefficient (Wildman–Crippen LogP) is 5.11. The lowest BCUT2D eigenvalue weighted by Gasteiger charge is -2.26. The van der Waals surface area contributed by atoms with Crippen molar-refractivity contribution in [2.24, 2.45) is 0 Å². The molecule has 0 saturated carbocycles. The van der Waals surface area contributed by atoms with E-state index in [-0.39, 0.29) is 29.0 Å². The largest absolute Gasteiger partial charge is 0.508 e. The van der Waals surface area contributed by atoms with E-state index in [2.05, 4.69) is 4.98 Å². The van der Waals surface area contributed by atoms with Gasteiger partial charge in [0, 0.05) is 30.1 Å². The third-order valence-electron chi connectivity index (χ3n) is 6.19. The number of Topliss-reactive ketones (excluding diaryl/α,β-unsaturated/α-hetero) is 1. The maximum atomic E-state index is 13.3. The maximum absolute atomic E-state index is 13.3. The molecule has 36 heavy (non-hydrogen) atoms. The number of phenolic OH excluding ortho intramolecular Hbond substituents is 1. The van der Waals surface area contributed by atoms with Gasteiger partial charge in [-0.25, -0.2) is 0 Å². The van der Waals surface area contributed by atoms with Crippen LogP contribution in [0.1, 0.15) is 56.0 Å². The van der Waals surface area contributed by atoms with E-state index in [9.17, 15) is 19.8 Å². The monoisotopic (exact) mass is 486 g/mol. The molecule has 4 rings (SSSR count). The number of ether oxygens (including phenoxy) is 1. The summed E-state index contributed by atoms with van der Waals surface area (Å²) in [4.78, 5) is 32.1. The summed E-state index contributed by atoms with van der Waals surface area (Å²) < 4.78 is 5.79. The van der Waals surface area contributed by atoms with E-state index in [1.54, 1.807) is 42.7 Å². The highest BCUT2D eigenvalue weighted by Gasteiger charge is 2.46. The number of hydrogen-bond acceptors (Lipinski definition) is 6. The summed E-state index contributed by atoms with van der Waals surface area (Å²) in [5, 5.41) is 21.3. The first-order chi connectivity index (χ1) is 17.1. The number of aliphatic hydroxyl groups excluding tert-OH is 1. The Kier molecular flexibility index (Phi) is 6.84. The summed E-state index contributed by atoms with van der Waals surface area (Å²) in [6.45, 7) is 8.65. The lowest BCUT2D eigenvalue weighted by molar-refractivity contribution is -0.140. The molecule has 1 amide bonds. The van der Waals surface area contributed by atoms with Crippen LogP contribution in [0.15, 0.2) is 72.6 Å². The molecule has 7 heteroatoms. The van der Waals surface area contributed by atoms with Crippen molar-refractivity contribution in [2.75, 3.05) is 6.61 Å². The summed E-state index contributed by atoms with van der Waals surface area (Å²) in [5.41, 5.74) is 2.35. The second-order valence-corrected chi connectivity index (χ2v) is 9.77. The van der Waals surface area contributed by atoms with Gasteiger partial charge >= 0.3 is 0 Å². The van der Waals surface area contributed by atoms with E-state index in [1.165, 1.54) is 17.0 Å². The molecular formula is C29H30N2O5. The molecule has 1 aliphatic heterocycles. The number of pyridine rings is 1. The number of carbonyl (C=O) groups excluding carboxylic acids is 2. The Morgan fingerprint density at radius 1 is 1.08 bits per heavy atom. The number of aliphatic hydroxyl groups is 1. The van der Waals surface area contributed by atoms with Crippen molar-refractivity contribution in [1.82, 2.24) is 9.88 Å². The molecule has 0 bridgehead atoms. The minimum Gasteiger partial charge on any atom is -0.508 e. The number of phenols is 1. The van der Waals surface area contributed by atoms with Gasteiger partial charge in [0.2, 0.25) is 0 Å². The molecule has 3 aromatic rings. The van der Waals surface area contributed by atoms with E-state index in [1.807, 2.05) is 39.8 Å². The van der Waals surface area contributed by atoms with Gasteiger partial charge in [-0.15, -0.1) is 0 Å². The quantitative estimate of drug-likeness (QED) is 0.286. The summed E-state index contributed by atoms with van der Waals surface area (Å²) >= 11 is 0. The normalized spacial score (nSPS) is 17.4. The van der Waals surface area contributed by atoms with Crippen molar-refractivity contribution in [1.29, 1.82) is 0 Å². The lowest BCUT2D eigenvalue weighted by atomic mass is 9.84. The summed E-state index contributed by atoms with van der Waals surface area (Å²) in [5.74, 6) is -0.965. The van der Waals surface area contributed by atoms with Crippen LogP contribution in [0.4, 0.5) is 0 Å². The molecule has 1 saturated heterocycles. The fourth-order valence-corrected chi connectivity index (χ4v) is 4.43. The van der Waals surface area contributed by atoms with Crippen LogP contribution in [-0.4, -0.2) is 38.4 Å². The number of amides is 1. The zero-order valence-corrected chi connectivity index (χ0v) is 20.9. The van der Waals surface area contributed by atoms with Crippen LogP contribution in [0, 0.1) is 0 Å². The average Bonchev–Trinajstić information content (AvgIpc) is 3.09. The van der Waals surface area contributed by atoms with Gasteiger partial charge in [0.1, 0.15) is 17.3 Å². The molecule has 0 spiro atoms. The number of likely N-dealkylation sites (tertiary alicyclic amines) is 1. The zero-order chi connectivity index (χ0) is 26.0. The Hall–Kier alpha value is -4.13. The van der Waals surface area contributed by atoms with E-state index >= 15 is 0 Å². The molecule has 1 unspecified atom stereocenters. The number of carbonyl (C=O) groups is 2. The molecule has 2 N–H and O–H groups in total. The number of benzene rings is 2. The van der Waals surface area contributed by atoms with E-state index in [0.29, 0.717) is 23.5 Å². The van der Waals surface area contributed by atoms with Crippen LogP contribution in [0.2, 0.25) is 0 Å². The smallest absolute Gasteiger partial charge is 0.295 e. The molecule has 186 valence electrons. The highest BCUT2D eigenvalue weighted by molar-refractivity contribution is 6.46. The average molecular weight is 487 g/mol. The van der Waals surface area contributed by atoms with Gasteiger partial charge < -0.3 is 19.8 Å². The minimum absolute atomic E-state index is 0.00130. The molecule has 1 atom stereocenters. The van der Waals surface area contributed by atoms with Gasteiger partial charge in [0.05, 0.1) is 18.2 Å². The van der Waals surface area contributed by atoms with Gasteiger partial charge in [0.25, 0.3) is 11.7 Å². The highest BCUT2D eigenvalue weighted by atomic mass is 16.5. The third kappa shape index (κ3) is 4.82. The van der Waals surface area contributed by atoms with Gasteiger partial charge in [-0.05, 0) is 59.9 Å². The maximum Gasteiger partial charge on any atom is 0.295 e. The Morgan fingerprint density at radius 3 is 2.42 bits per heavy atom. The summed E-state index contributed by atoms with van der Waals surface area (Å²) in [7, 11) is 0. The van der Waals surface area contributed by atoms with E-state index in [4.69, 9.17) is 4.74 Å². The van der Waals surface area contributed by atoms with Crippen molar-refractivity contribution in [3.63, 3.8) is 0 Å². The topological polar surface area (TPSA) is 100.0 Å². The lowest BCUT2D eigenvalue weighted by Crippen LogP contribution is -2.29. The summed E-state index contributed by atoms with van der Waals surface area (Å²) in [6, 6.07) is 14.3. The number of aromatic hydroxyl groups is 1. The van der Waals surface area contributed by atoms with E-state index < -0.39 is 17.7 Å². The molecule has 1 aliphatic rings. The van der Waals surface area contributed by atoms with Crippen molar-refractivity contribution in [3.8, 4) is 11.5 Å². The van der Waals surface area contributed by atoms with Crippen LogP contribution in [0.5, 0.6) is 11.5 Å².